The molecule has 2 rings (SSSR count). The van der Waals surface area contributed by atoms with Gasteiger partial charge in [-0.15, -0.1) is 0 Å². The van der Waals surface area contributed by atoms with Gasteiger partial charge >= 0.3 is 5.97 Å². The van der Waals surface area contributed by atoms with Gasteiger partial charge in [-0.1, -0.05) is 0 Å². The van der Waals surface area contributed by atoms with Gasteiger partial charge in [0, 0.05) is 13.5 Å². The van der Waals surface area contributed by atoms with Gasteiger partial charge in [-0.25, -0.2) is 4.79 Å². The summed E-state index contributed by atoms with van der Waals surface area (Å²) < 4.78 is 9.42. The zero-order chi connectivity index (χ0) is 13.1. The summed E-state index contributed by atoms with van der Waals surface area (Å²) in [4.78, 5) is 23.7. The number of Topliss-reactive ketones (excluding diaryl/α,β-unsaturated/α-hetero) is 1. The number of carbonyl (C=O) groups is 2. The van der Waals surface area contributed by atoms with E-state index in [9.17, 15) is 9.59 Å². The molecule has 1 aliphatic rings. The molecule has 1 heterocycles. The lowest BCUT2D eigenvalue weighted by Crippen LogP contribution is -2.30. The zero-order valence-corrected chi connectivity index (χ0v) is 11.3. The maximum Gasteiger partial charge on any atom is 0.343 e. The fraction of sp³-hybridized carbons (Fsp3) is 0.583. The second kappa shape index (κ2) is 5.48. The van der Waals surface area contributed by atoms with Crippen molar-refractivity contribution in [1.29, 1.82) is 0 Å². The number of ketones is 1. The Morgan fingerprint density at radius 2 is 2.28 bits per heavy atom. The molecular formula is C12H16N2O3S. The summed E-state index contributed by atoms with van der Waals surface area (Å²) >= 11 is 1.22. The number of rotatable bonds is 3. The second-order valence-corrected chi connectivity index (χ2v) is 5.10. The number of hydrogen-bond donors (Lipinski definition) is 1. The molecule has 0 aliphatic heterocycles. The van der Waals surface area contributed by atoms with Crippen molar-refractivity contribution in [3.63, 3.8) is 0 Å². The average molecular weight is 268 g/mol. The molecule has 1 saturated carbocycles. The van der Waals surface area contributed by atoms with Crippen LogP contribution in [0.25, 0.3) is 0 Å². The molecule has 0 bridgehead atoms. The molecule has 1 N–H and O–H groups in total. The Morgan fingerprint density at radius 1 is 1.50 bits per heavy atom. The molecular weight excluding hydrogens is 252 g/mol. The minimum Gasteiger partial charge on any atom is -0.451 e. The van der Waals surface area contributed by atoms with Crippen molar-refractivity contribution in [2.45, 2.75) is 38.7 Å². The summed E-state index contributed by atoms with van der Waals surface area (Å²) in [6, 6.07) is 0. The summed E-state index contributed by atoms with van der Waals surface area (Å²) in [7, 11) is 1.73. The van der Waals surface area contributed by atoms with E-state index >= 15 is 0 Å². The van der Waals surface area contributed by atoms with Gasteiger partial charge in [0.2, 0.25) is 0 Å². The van der Waals surface area contributed by atoms with Crippen molar-refractivity contribution >= 4 is 28.3 Å². The van der Waals surface area contributed by atoms with E-state index in [0.29, 0.717) is 29.1 Å². The van der Waals surface area contributed by atoms with Gasteiger partial charge in [0.05, 0.1) is 5.69 Å². The van der Waals surface area contributed by atoms with Crippen molar-refractivity contribution in [2.75, 3.05) is 12.4 Å². The third-order valence-electron chi connectivity index (χ3n) is 3.04. The Labute approximate surface area is 110 Å². The number of nitrogens with one attached hydrogen (secondary N) is 1. The van der Waals surface area contributed by atoms with Crippen LogP contribution in [0.2, 0.25) is 0 Å². The fourth-order valence-electron chi connectivity index (χ4n) is 2.04. The van der Waals surface area contributed by atoms with E-state index in [1.807, 2.05) is 0 Å². The lowest BCUT2D eigenvalue weighted by atomic mass is 9.96. The Hall–Kier alpha value is -1.43. The van der Waals surface area contributed by atoms with Gasteiger partial charge in [-0.2, -0.15) is 4.37 Å². The van der Waals surface area contributed by atoms with Crippen LogP contribution in [0.1, 0.15) is 41.7 Å². The molecule has 5 nitrogen and oxygen atoms in total. The van der Waals surface area contributed by atoms with E-state index in [-0.39, 0.29) is 5.78 Å². The van der Waals surface area contributed by atoms with Crippen LogP contribution in [0.4, 0.5) is 5.00 Å². The third-order valence-corrected chi connectivity index (χ3v) is 4.00. The maximum atomic E-state index is 12.1. The number of carbonyl (C=O) groups excluding carboxylic acids is 2. The van der Waals surface area contributed by atoms with Crippen molar-refractivity contribution in [3.8, 4) is 0 Å². The van der Waals surface area contributed by atoms with Crippen LogP contribution >= 0.6 is 11.5 Å². The standard InChI is InChI=1S/C12H16N2O3S/c1-7-10(11(13-2)18-14-7)12(16)17-9-6-4-3-5-8(9)15/h9,13H,3-6H2,1-2H3/t9-/m0/s1. The van der Waals surface area contributed by atoms with Gasteiger partial charge in [0.15, 0.2) is 11.9 Å². The van der Waals surface area contributed by atoms with Crippen LogP contribution in [0, 0.1) is 6.92 Å². The number of ether oxygens (including phenoxy) is 1. The van der Waals surface area contributed by atoms with E-state index < -0.39 is 12.1 Å². The molecule has 0 amide bonds. The van der Waals surface area contributed by atoms with Gasteiger partial charge in [0.25, 0.3) is 0 Å². The Bertz CT molecular complexity index is 470. The van der Waals surface area contributed by atoms with Crippen LogP contribution in [-0.2, 0) is 9.53 Å². The molecule has 1 fully saturated rings. The van der Waals surface area contributed by atoms with E-state index in [0.717, 1.165) is 12.8 Å². The van der Waals surface area contributed by atoms with Crippen molar-refractivity contribution < 1.29 is 14.3 Å². The predicted octanol–water partition coefficient (Wildman–Crippen LogP) is 2.16. The number of aromatic nitrogens is 1. The van der Waals surface area contributed by atoms with E-state index in [4.69, 9.17) is 4.74 Å². The monoisotopic (exact) mass is 268 g/mol. The van der Waals surface area contributed by atoms with Crippen LogP contribution in [0.15, 0.2) is 0 Å². The summed E-state index contributed by atoms with van der Waals surface area (Å²) in [5.74, 6) is -0.424. The molecule has 1 atom stereocenters. The van der Waals surface area contributed by atoms with Gasteiger partial charge in [-0.3, -0.25) is 4.79 Å². The maximum absolute atomic E-state index is 12.1. The minimum atomic E-state index is -0.574. The van der Waals surface area contributed by atoms with Crippen LogP contribution in [0.3, 0.4) is 0 Å². The average Bonchev–Trinajstić information content (AvgIpc) is 2.73. The molecule has 18 heavy (non-hydrogen) atoms. The summed E-state index contributed by atoms with van der Waals surface area (Å²) in [5.41, 5.74) is 1.08. The SMILES string of the molecule is CNc1snc(C)c1C(=O)O[C@H]1CCCCC1=O. The number of aryl methyl sites for hydroxylation is 1. The normalized spacial score (nSPS) is 19.7. The number of anilines is 1. The summed E-state index contributed by atoms with van der Waals surface area (Å²) in [6.07, 6.45) is 2.40. The van der Waals surface area contributed by atoms with Crippen LogP contribution in [0.5, 0.6) is 0 Å². The number of nitrogens with zero attached hydrogens (tertiary/aromatic N) is 1. The Balaban J connectivity index is 2.11. The molecule has 0 saturated heterocycles. The van der Waals surface area contributed by atoms with Crippen molar-refractivity contribution in [3.05, 3.63) is 11.3 Å². The third kappa shape index (κ3) is 2.53. The highest BCUT2D eigenvalue weighted by Crippen LogP contribution is 2.26. The van der Waals surface area contributed by atoms with E-state index in [2.05, 4.69) is 9.69 Å². The topological polar surface area (TPSA) is 68.3 Å². The lowest BCUT2D eigenvalue weighted by Gasteiger charge is -2.20. The first-order valence-electron chi connectivity index (χ1n) is 6.01. The molecule has 98 valence electrons. The van der Waals surface area contributed by atoms with Gasteiger partial charge in [-0.05, 0) is 37.7 Å². The quantitative estimate of drug-likeness (QED) is 0.851. The second-order valence-electron chi connectivity index (χ2n) is 4.33. The molecule has 0 aromatic carbocycles. The molecule has 1 aliphatic carbocycles. The lowest BCUT2D eigenvalue weighted by molar-refractivity contribution is -0.129. The number of hydrogen-bond acceptors (Lipinski definition) is 6. The van der Waals surface area contributed by atoms with E-state index in [1.54, 1.807) is 14.0 Å². The summed E-state index contributed by atoms with van der Waals surface area (Å²) in [5, 5.41) is 3.60. The first-order valence-corrected chi connectivity index (χ1v) is 6.78. The van der Waals surface area contributed by atoms with Crippen molar-refractivity contribution in [1.82, 2.24) is 4.37 Å². The van der Waals surface area contributed by atoms with Gasteiger partial charge in [0.1, 0.15) is 10.6 Å². The first-order chi connectivity index (χ1) is 8.63. The number of esters is 1. The smallest absolute Gasteiger partial charge is 0.343 e. The largest absolute Gasteiger partial charge is 0.451 e. The Kier molecular flexibility index (Phi) is 3.96. The molecule has 0 radical (unpaired) electrons. The highest BCUT2D eigenvalue weighted by atomic mass is 32.1. The zero-order valence-electron chi connectivity index (χ0n) is 10.5. The minimum absolute atomic E-state index is 0.0291. The fourth-order valence-corrected chi connectivity index (χ4v) is 2.78. The molecule has 6 heteroatoms. The predicted molar refractivity (Wildman–Crippen MR) is 69.1 cm³/mol. The van der Waals surface area contributed by atoms with Crippen LogP contribution < -0.4 is 5.32 Å². The summed E-state index contributed by atoms with van der Waals surface area (Å²) in [6.45, 7) is 1.76. The Morgan fingerprint density at radius 3 is 2.94 bits per heavy atom. The molecule has 0 unspecified atom stereocenters. The van der Waals surface area contributed by atoms with E-state index in [1.165, 1.54) is 11.5 Å². The molecule has 0 spiro atoms. The van der Waals surface area contributed by atoms with Crippen LogP contribution in [-0.4, -0.2) is 29.3 Å². The molecule has 1 aromatic heterocycles. The molecule has 1 aromatic rings. The van der Waals surface area contributed by atoms with Crippen molar-refractivity contribution in [2.24, 2.45) is 0 Å². The van der Waals surface area contributed by atoms with Gasteiger partial charge < -0.3 is 10.1 Å². The first kappa shape index (κ1) is 13.0. The highest BCUT2D eigenvalue weighted by Gasteiger charge is 2.28. The highest BCUT2D eigenvalue weighted by molar-refractivity contribution is 7.10.